The van der Waals surface area contributed by atoms with Crippen LogP contribution in [-0.4, -0.2) is 17.9 Å². The van der Waals surface area contributed by atoms with Crippen molar-refractivity contribution in [2.24, 2.45) is 11.8 Å². The highest BCUT2D eigenvalue weighted by molar-refractivity contribution is 5.60. The van der Waals surface area contributed by atoms with Crippen molar-refractivity contribution in [3.05, 3.63) is 5.92 Å². The molecule has 0 N–H and O–H groups in total. The van der Waals surface area contributed by atoms with E-state index < -0.39 is 11.8 Å². The molecule has 1 radical (unpaired) electrons. The van der Waals surface area contributed by atoms with Crippen LogP contribution in [0.4, 0.5) is 4.79 Å². The normalized spacial score (nSPS) is 29.2. The lowest BCUT2D eigenvalue weighted by Crippen LogP contribution is -2.37. The minimum absolute atomic E-state index is 0.0198. The second-order valence-electron chi connectivity index (χ2n) is 6.72. The maximum Gasteiger partial charge on any atom is 0.509 e. The Balaban J connectivity index is 2.58. The van der Waals surface area contributed by atoms with Crippen LogP contribution in [0.5, 0.6) is 0 Å². The molecule has 0 spiro atoms. The molecular weight excluding hydrogens is 228 g/mol. The molecule has 3 unspecified atom stereocenters. The van der Waals surface area contributed by atoms with E-state index in [0.29, 0.717) is 11.8 Å². The Morgan fingerprint density at radius 1 is 1.17 bits per heavy atom. The van der Waals surface area contributed by atoms with Crippen LogP contribution in [-0.2, 0) is 9.47 Å². The minimum Gasteiger partial charge on any atom is -0.431 e. The molecule has 0 aromatic rings. The predicted octanol–water partition coefficient (Wildman–Crippen LogP) is 4.36. The van der Waals surface area contributed by atoms with E-state index in [-0.39, 0.29) is 6.10 Å². The number of ether oxygens (including phenoxy) is 2. The maximum absolute atomic E-state index is 11.7. The van der Waals surface area contributed by atoms with E-state index >= 15 is 0 Å². The smallest absolute Gasteiger partial charge is 0.431 e. The van der Waals surface area contributed by atoms with Gasteiger partial charge in [-0.25, -0.2) is 4.79 Å². The maximum atomic E-state index is 11.7. The largest absolute Gasteiger partial charge is 0.509 e. The van der Waals surface area contributed by atoms with Gasteiger partial charge in [-0.15, -0.1) is 0 Å². The van der Waals surface area contributed by atoms with Crippen molar-refractivity contribution in [1.29, 1.82) is 0 Å². The first-order valence-corrected chi connectivity index (χ1v) is 6.88. The molecule has 105 valence electrons. The molecule has 18 heavy (non-hydrogen) atoms. The summed E-state index contributed by atoms with van der Waals surface area (Å²) in [6, 6.07) is 0. The molecule has 3 atom stereocenters. The van der Waals surface area contributed by atoms with Crippen LogP contribution in [0.3, 0.4) is 0 Å². The van der Waals surface area contributed by atoms with Crippen molar-refractivity contribution in [2.45, 2.75) is 72.5 Å². The topological polar surface area (TPSA) is 35.5 Å². The number of hydrogen-bond donors (Lipinski definition) is 0. The Hall–Kier alpha value is -0.730. The summed E-state index contributed by atoms with van der Waals surface area (Å²) in [5.41, 5.74) is -0.488. The number of carbonyl (C=O) groups is 1. The first-order valence-electron chi connectivity index (χ1n) is 6.88. The summed E-state index contributed by atoms with van der Waals surface area (Å²) < 4.78 is 10.8. The Bertz CT molecular complexity index is 278. The summed E-state index contributed by atoms with van der Waals surface area (Å²) in [4.78, 5) is 11.7. The van der Waals surface area contributed by atoms with Gasteiger partial charge in [0.15, 0.2) is 0 Å². The van der Waals surface area contributed by atoms with E-state index in [1.54, 1.807) is 0 Å². The Morgan fingerprint density at radius 3 is 2.28 bits per heavy atom. The fraction of sp³-hybridized carbons (Fsp3) is 0.867. The average Bonchev–Trinajstić information content (AvgIpc) is 2.13. The van der Waals surface area contributed by atoms with E-state index in [2.05, 4.69) is 20.8 Å². The predicted molar refractivity (Wildman–Crippen MR) is 72.2 cm³/mol. The Kier molecular flexibility index (Phi) is 5.06. The monoisotopic (exact) mass is 255 g/mol. The molecule has 0 aromatic carbocycles. The van der Waals surface area contributed by atoms with E-state index in [4.69, 9.17) is 9.47 Å². The molecule has 0 bridgehead atoms. The molecule has 0 aliphatic heterocycles. The molecule has 0 amide bonds. The second-order valence-corrected chi connectivity index (χ2v) is 6.72. The summed E-state index contributed by atoms with van der Waals surface area (Å²) in [6.07, 6.45) is 2.71. The summed E-state index contributed by atoms with van der Waals surface area (Å²) in [7, 11) is 0. The molecule has 0 saturated heterocycles. The van der Waals surface area contributed by atoms with Gasteiger partial charge in [-0.05, 0) is 45.4 Å². The van der Waals surface area contributed by atoms with Gasteiger partial charge >= 0.3 is 6.16 Å². The van der Waals surface area contributed by atoms with Gasteiger partial charge in [-0.2, -0.15) is 0 Å². The molecule has 0 heterocycles. The number of carbonyl (C=O) groups excluding carboxylic acids is 1. The molecule has 1 rings (SSSR count). The molecule has 1 fully saturated rings. The number of rotatable bonds is 2. The third-order valence-electron chi connectivity index (χ3n) is 3.43. The van der Waals surface area contributed by atoms with Gasteiger partial charge in [0.1, 0.15) is 11.7 Å². The fourth-order valence-corrected chi connectivity index (χ4v) is 2.52. The standard InChI is InChI=1S/C15H27O3/c1-10(2)12-8-7-11(3)9-13(12)17-14(16)18-15(4,5)6/h11-13H,7-9H2,1-6H3. The van der Waals surface area contributed by atoms with Crippen LogP contribution >= 0.6 is 0 Å². The van der Waals surface area contributed by atoms with Crippen LogP contribution in [0.15, 0.2) is 0 Å². The van der Waals surface area contributed by atoms with Gasteiger partial charge in [-0.3, -0.25) is 0 Å². The third-order valence-corrected chi connectivity index (χ3v) is 3.43. The van der Waals surface area contributed by atoms with Gasteiger partial charge in [0.05, 0.1) is 0 Å². The third kappa shape index (κ3) is 4.87. The van der Waals surface area contributed by atoms with Gasteiger partial charge in [0, 0.05) is 5.92 Å². The lowest BCUT2D eigenvalue weighted by molar-refractivity contribution is -0.0509. The van der Waals surface area contributed by atoms with Gasteiger partial charge in [0.25, 0.3) is 0 Å². The summed E-state index contributed by atoms with van der Waals surface area (Å²) >= 11 is 0. The molecule has 1 aliphatic carbocycles. The Labute approximate surface area is 111 Å². The van der Waals surface area contributed by atoms with Crippen LogP contribution in [0, 0.1) is 17.8 Å². The molecular formula is C15H27O3. The first kappa shape index (κ1) is 15.3. The van der Waals surface area contributed by atoms with E-state index in [9.17, 15) is 4.79 Å². The summed E-state index contributed by atoms with van der Waals surface area (Å²) in [5.74, 6) is 2.34. The number of hydrogen-bond acceptors (Lipinski definition) is 3. The average molecular weight is 255 g/mol. The highest BCUT2D eigenvalue weighted by atomic mass is 16.7. The molecule has 3 heteroatoms. The van der Waals surface area contributed by atoms with Crippen molar-refractivity contribution in [3.8, 4) is 0 Å². The van der Waals surface area contributed by atoms with Gasteiger partial charge < -0.3 is 9.47 Å². The van der Waals surface area contributed by atoms with Crippen molar-refractivity contribution in [3.63, 3.8) is 0 Å². The van der Waals surface area contributed by atoms with E-state index in [1.165, 1.54) is 12.3 Å². The first-order chi connectivity index (χ1) is 8.19. The van der Waals surface area contributed by atoms with Crippen LogP contribution in [0.2, 0.25) is 0 Å². The van der Waals surface area contributed by atoms with E-state index in [1.807, 2.05) is 20.8 Å². The van der Waals surface area contributed by atoms with Crippen molar-refractivity contribution >= 4 is 6.16 Å². The van der Waals surface area contributed by atoms with Crippen molar-refractivity contribution in [1.82, 2.24) is 0 Å². The van der Waals surface area contributed by atoms with Crippen LogP contribution < -0.4 is 0 Å². The SMILES string of the molecule is C[C](C)C1CCC(C)CC1OC(=O)OC(C)(C)C. The summed E-state index contributed by atoms with van der Waals surface area (Å²) in [5, 5.41) is 0. The minimum atomic E-state index is -0.534. The zero-order valence-electron chi connectivity index (χ0n) is 12.6. The molecule has 1 saturated carbocycles. The highest BCUT2D eigenvalue weighted by Gasteiger charge is 2.34. The lowest BCUT2D eigenvalue weighted by Gasteiger charge is -2.36. The van der Waals surface area contributed by atoms with Crippen molar-refractivity contribution < 1.29 is 14.3 Å². The summed E-state index contributed by atoms with van der Waals surface area (Å²) in [6.45, 7) is 12.0. The molecule has 0 aromatic heterocycles. The van der Waals surface area contributed by atoms with Crippen molar-refractivity contribution in [2.75, 3.05) is 0 Å². The quantitative estimate of drug-likeness (QED) is 0.688. The highest BCUT2D eigenvalue weighted by Crippen LogP contribution is 2.36. The molecule has 3 nitrogen and oxygen atoms in total. The lowest BCUT2D eigenvalue weighted by atomic mass is 9.75. The van der Waals surface area contributed by atoms with Crippen LogP contribution in [0.1, 0.15) is 60.8 Å². The zero-order valence-corrected chi connectivity index (χ0v) is 12.6. The molecule has 1 aliphatic rings. The second kappa shape index (κ2) is 5.94. The van der Waals surface area contributed by atoms with E-state index in [0.717, 1.165) is 12.8 Å². The van der Waals surface area contributed by atoms with Crippen LogP contribution in [0.25, 0.3) is 0 Å². The van der Waals surface area contributed by atoms with Gasteiger partial charge in [0.2, 0.25) is 0 Å². The zero-order chi connectivity index (χ0) is 13.9. The Morgan fingerprint density at radius 2 is 1.78 bits per heavy atom. The van der Waals surface area contributed by atoms with Gasteiger partial charge in [-0.1, -0.05) is 27.2 Å². The fourth-order valence-electron chi connectivity index (χ4n) is 2.52.